The number of carbonyl (C=O) groups excluding carboxylic acids is 3. The predicted molar refractivity (Wildman–Crippen MR) is 110 cm³/mol. The van der Waals surface area contributed by atoms with Gasteiger partial charge in [0.1, 0.15) is 17.9 Å². The Kier molecular flexibility index (Phi) is 7.26. The van der Waals surface area contributed by atoms with Gasteiger partial charge in [0.25, 0.3) is 5.91 Å². The molecule has 2 atom stereocenters. The molecular formula is C21H20Cl2F2N2O3. The largest absolute Gasteiger partial charge is 0.355 e. The third kappa shape index (κ3) is 5.26. The highest BCUT2D eigenvalue weighted by atomic mass is 35.5. The molecule has 0 saturated carbocycles. The zero-order valence-corrected chi connectivity index (χ0v) is 17.5. The Morgan fingerprint density at radius 3 is 2.73 bits per heavy atom. The maximum absolute atomic E-state index is 13.9. The normalized spacial score (nSPS) is 21.5. The lowest BCUT2D eigenvalue weighted by Crippen LogP contribution is -2.36. The second-order valence-corrected chi connectivity index (χ2v) is 8.09. The second-order valence-electron chi connectivity index (χ2n) is 7.28. The molecule has 160 valence electrons. The number of aryl methyl sites for hydroxylation is 1. The number of alkyl halides is 1. The van der Waals surface area contributed by atoms with E-state index in [1.165, 1.54) is 0 Å². The zero-order chi connectivity index (χ0) is 21.8. The molecule has 0 spiro atoms. The number of ketones is 1. The molecule has 1 saturated heterocycles. The van der Waals surface area contributed by atoms with Crippen LogP contribution in [0.5, 0.6) is 0 Å². The molecule has 0 bridgehead atoms. The molecule has 5 nitrogen and oxygen atoms in total. The number of carbonyl (C=O) groups is 3. The zero-order valence-electron chi connectivity index (χ0n) is 16.0. The van der Waals surface area contributed by atoms with Gasteiger partial charge in [-0.25, -0.2) is 8.78 Å². The highest BCUT2D eigenvalue weighted by molar-refractivity contribution is 6.42. The van der Waals surface area contributed by atoms with Crippen molar-refractivity contribution in [2.45, 2.75) is 25.4 Å². The van der Waals surface area contributed by atoms with Crippen molar-refractivity contribution in [3.8, 4) is 0 Å². The fraction of sp³-hybridized carbons (Fsp3) is 0.381. The summed E-state index contributed by atoms with van der Waals surface area (Å²) in [5.74, 6) is -3.99. The predicted octanol–water partition coefficient (Wildman–Crippen LogP) is 3.59. The first-order chi connectivity index (χ1) is 14.3. The smallest absolute Gasteiger partial charge is 0.291 e. The maximum Gasteiger partial charge on any atom is 0.291 e. The van der Waals surface area contributed by atoms with Crippen molar-refractivity contribution in [1.29, 1.82) is 0 Å². The van der Waals surface area contributed by atoms with Crippen LogP contribution in [-0.4, -0.2) is 48.3 Å². The Morgan fingerprint density at radius 2 is 2.00 bits per heavy atom. The molecule has 30 heavy (non-hydrogen) atoms. The molecule has 2 amide bonds. The monoisotopic (exact) mass is 456 g/mol. The van der Waals surface area contributed by atoms with Gasteiger partial charge in [-0.05, 0) is 48.3 Å². The average Bonchev–Trinajstić information content (AvgIpc) is 2.99. The van der Waals surface area contributed by atoms with Gasteiger partial charge in [-0.3, -0.25) is 14.4 Å². The number of allylic oxidation sites excluding steroid dienone is 3. The summed E-state index contributed by atoms with van der Waals surface area (Å²) in [6.07, 6.45) is 1.86. The third-order valence-corrected chi connectivity index (χ3v) is 5.81. The number of amides is 2. The van der Waals surface area contributed by atoms with Crippen molar-refractivity contribution in [2.24, 2.45) is 5.92 Å². The third-order valence-electron chi connectivity index (χ3n) is 5.07. The van der Waals surface area contributed by atoms with Crippen LogP contribution in [0.15, 0.2) is 41.8 Å². The molecule has 1 aromatic rings. The molecular weight excluding hydrogens is 437 g/mol. The Hall–Kier alpha value is -2.25. The average molecular weight is 457 g/mol. The molecule has 1 aliphatic carbocycles. The number of halogens is 4. The van der Waals surface area contributed by atoms with Gasteiger partial charge >= 0.3 is 0 Å². The number of benzene rings is 1. The van der Waals surface area contributed by atoms with Crippen LogP contribution in [0.3, 0.4) is 0 Å². The lowest BCUT2D eigenvalue weighted by Gasteiger charge is -2.20. The summed E-state index contributed by atoms with van der Waals surface area (Å²) < 4.78 is 27.3. The number of rotatable bonds is 7. The molecule has 1 aliphatic heterocycles. The first kappa shape index (κ1) is 22.4. The fourth-order valence-electron chi connectivity index (χ4n) is 3.43. The quantitative estimate of drug-likeness (QED) is 0.387. The SMILES string of the molecule is O=C(NCCCc1ccc(Cl)c(Cl)c1)C1CN(CC2=C(F)C=CC(F)C2)C(=O)C1=O. The molecule has 1 N–H and O–H groups in total. The van der Waals surface area contributed by atoms with Crippen molar-refractivity contribution in [3.05, 3.63) is 57.4 Å². The van der Waals surface area contributed by atoms with Gasteiger partial charge in [-0.2, -0.15) is 0 Å². The molecule has 3 rings (SSSR count). The van der Waals surface area contributed by atoms with E-state index in [0.29, 0.717) is 29.4 Å². The van der Waals surface area contributed by atoms with Gasteiger partial charge < -0.3 is 10.2 Å². The molecule has 1 aromatic carbocycles. The van der Waals surface area contributed by atoms with Crippen LogP contribution >= 0.6 is 23.2 Å². The summed E-state index contributed by atoms with van der Waals surface area (Å²) in [6.45, 7) is -0.0405. The Labute approximate surface area is 182 Å². The highest BCUT2D eigenvalue weighted by Crippen LogP contribution is 2.26. The number of hydrogen-bond donors (Lipinski definition) is 1. The summed E-state index contributed by atoms with van der Waals surface area (Å²) in [6, 6.07) is 5.28. The van der Waals surface area contributed by atoms with E-state index in [0.717, 1.165) is 22.6 Å². The number of nitrogens with zero attached hydrogens (tertiary/aromatic N) is 1. The molecule has 9 heteroatoms. The topological polar surface area (TPSA) is 66.5 Å². The minimum absolute atomic E-state index is 0.105. The first-order valence-electron chi connectivity index (χ1n) is 9.51. The van der Waals surface area contributed by atoms with Crippen molar-refractivity contribution in [2.75, 3.05) is 19.6 Å². The Morgan fingerprint density at radius 1 is 1.23 bits per heavy atom. The summed E-state index contributed by atoms with van der Waals surface area (Å²) in [4.78, 5) is 37.8. The highest BCUT2D eigenvalue weighted by Gasteiger charge is 2.43. The van der Waals surface area contributed by atoms with Crippen LogP contribution in [0.25, 0.3) is 0 Å². The maximum atomic E-state index is 13.9. The van der Waals surface area contributed by atoms with E-state index < -0.39 is 35.5 Å². The van der Waals surface area contributed by atoms with E-state index in [1.54, 1.807) is 12.1 Å². The van der Waals surface area contributed by atoms with Gasteiger partial charge in [0.15, 0.2) is 0 Å². The van der Waals surface area contributed by atoms with Crippen molar-refractivity contribution in [1.82, 2.24) is 10.2 Å². The summed E-state index contributed by atoms with van der Waals surface area (Å²) in [7, 11) is 0. The van der Waals surface area contributed by atoms with E-state index in [4.69, 9.17) is 23.2 Å². The standard InChI is InChI=1S/C21H20Cl2F2N2O3/c22-16-5-3-12(8-17(16)23)2-1-7-26-20(29)15-11-27(21(30)19(15)28)10-13-9-14(24)4-6-18(13)25/h3-6,8,14-15H,1-2,7,9-11H2,(H,26,29). The van der Waals surface area contributed by atoms with Crippen LogP contribution < -0.4 is 5.32 Å². The summed E-state index contributed by atoms with van der Waals surface area (Å²) in [5.41, 5.74) is 1.06. The molecule has 0 aromatic heterocycles. The lowest BCUT2D eigenvalue weighted by molar-refractivity contribution is -0.142. The molecule has 1 fully saturated rings. The van der Waals surface area contributed by atoms with Crippen LogP contribution in [0.1, 0.15) is 18.4 Å². The molecule has 2 unspecified atom stereocenters. The van der Waals surface area contributed by atoms with Gasteiger partial charge in [0, 0.05) is 26.1 Å². The first-order valence-corrected chi connectivity index (χ1v) is 10.3. The van der Waals surface area contributed by atoms with Crippen molar-refractivity contribution >= 4 is 40.8 Å². The van der Waals surface area contributed by atoms with Crippen molar-refractivity contribution < 1.29 is 23.2 Å². The van der Waals surface area contributed by atoms with Gasteiger partial charge in [-0.15, -0.1) is 0 Å². The Balaban J connectivity index is 1.50. The van der Waals surface area contributed by atoms with E-state index >= 15 is 0 Å². The summed E-state index contributed by atoms with van der Waals surface area (Å²) in [5, 5.41) is 3.57. The fourth-order valence-corrected chi connectivity index (χ4v) is 3.75. The number of likely N-dealkylation sites (tertiary alicyclic amines) is 1. The van der Waals surface area contributed by atoms with E-state index in [2.05, 4.69) is 5.32 Å². The summed E-state index contributed by atoms with van der Waals surface area (Å²) >= 11 is 11.8. The van der Waals surface area contributed by atoms with E-state index in [9.17, 15) is 23.2 Å². The molecule has 1 heterocycles. The minimum atomic E-state index is -1.33. The molecule has 0 radical (unpaired) electrons. The minimum Gasteiger partial charge on any atom is -0.355 e. The van der Waals surface area contributed by atoms with Gasteiger partial charge in [0.2, 0.25) is 11.7 Å². The number of nitrogens with one attached hydrogen (secondary N) is 1. The van der Waals surface area contributed by atoms with E-state index in [-0.39, 0.29) is 25.1 Å². The van der Waals surface area contributed by atoms with Gasteiger partial charge in [0.05, 0.1) is 10.0 Å². The number of hydrogen-bond acceptors (Lipinski definition) is 3. The van der Waals surface area contributed by atoms with Crippen molar-refractivity contribution in [3.63, 3.8) is 0 Å². The van der Waals surface area contributed by atoms with Crippen LogP contribution in [0, 0.1) is 5.92 Å². The van der Waals surface area contributed by atoms with Crippen LogP contribution in [-0.2, 0) is 20.8 Å². The molecule has 2 aliphatic rings. The second kappa shape index (κ2) is 9.71. The van der Waals surface area contributed by atoms with Gasteiger partial charge in [-0.1, -0.05) is 29.3 Å². The number of Topliss-reactive ketones (excluding diaryl/α,β-unsaturated/α-hetero) is 1. The van der Waals surface area contributed by atoms with E-state index in [1.807, 2.05) is 6.07 Å². The van der Waals surface area contributed by atoms with Crippen LogP contribution in [0.2, 0.25) is 10.0 Å². The van der Waals surface area contributed by atoms with Crippen LogP contribution in [0.4, 0.5) is 8.78 Å². The Bertz CT molecular complexity index is 933. The lowest BCUT2D eigenvalue weighted by atomic mass is 10.0.